The van der Waals surface area contributed by atoms with Gasteiger partial charge in [-0.3, -0.25) is 0 Å². The SMILES string of the molecule is CCC[Si](C)(C)/C=C/C[Si](C)(C)c1ccccc1. The van der Waals surface area contributed by atoms with E-state index < -0.39 is 16.1 Å². The summed E-state index contributed by atoms with van der Waals surface area (Å²) < 4.78 is 0. The van der Waals surface area contributed by atoms with Crippen molar-refractivity contribution < 1.29 is 0 Å². The molecule has 0 unspecified atom stereocenters. The molecule has 0 nitrogen and oxygen atoms in total. The first-order chi connectivity index (χ1) is 8.37. The van der Waals surface area contributed by atoms with Crippen LogP contribution < -0.4 is 5.19 Å². The van der Waals surface area contributed by atoms with Gasteiger partial charge < -0.3 is 0 Å². The molecule has 0 fully saturated rings. The molecule has 0 radical (unpaired) electrons. The van der Waals surface area contributed by atoms with Crippen LogP contribution in [0, 0.1) is 0 Å². The maximum Gasteiger partial charge on any atom is 0.0843 e. The molecular formula is C16H28Si2. The van der Waals surface area contributed by atoms with Gasteiger partial charge in [-0.05, 0) is 6.04 Å². The highest BCUT2D eigenvalue weighted by atomic mass is 28.3. The first kappa shape index (κ1) is 15.5. The van der Waals surface area contributed by atoms with Gasteiger partial charge in [0.2, 0.25) is 0 Å². The summed E-state index contributed by atoms with van der Waals surface area (Å²) in [7, 11) is -2.33. The first-order valence-electron chi connectivity index (χ1n) is 7.11. The quantitative estimate of drug-likeness (QED) is 0.654. The van der Waals surface area contributed by atoms with Gasteiger partial charge in [0.05, 0.1) is 16.1 Å². The van der Waals surface area contributed by atoms with Crippen LogP contribution in [-0.2, 0) is 0 Å². The lowest BCUT2D eigenvalue weighted by Crippen LogP contribution is -2.40. The number of rotatable bonds is 6. The lowest BCUT2D eigenvalue weighted by Gasteiger charge is -2.22. The molecule has 0 atom stereocenters. The molecular weight excluding hydrogens is 248 g/mol. The van der Waals surface area contributed by atoms with Gasteiger partial charge in [-0.15, -0.1) is 0 Å². The lowest BCUT2D eigenvalue weighted by molar-refractivity contribution is 1.05. The molecule has 0 amide bonds. The van der Waals surface area contributed by atoms with E-state index in [-0.39, 0.29) is 0 Å². The third kappa shape index (κ3) is 4.95. The number of allylic oxidation sites excluding steroid dienone is 1. The Kier molecular flexibility index (Phi) is 5.60. The van der Waals surface area contributed by atoms with Crippen molar-refractivity contribution in [3.05, 3.63) is 42.1 Å². The summed E-state index contributed by atoms with van der Waals surface area (Å²) in [5.41, 5.74) is 2.56. The molecule has 1 aromatic carbocycles. The molecule has 0 heterocycles. The normalized spacial score (nSPS) is 13.2. The van der Waals surface area contributed by atoms with Crippen molar-refractivity contribution in [2.24, 2.45) is 0 Å². The molecule has 1 rings (SSSR count). The monoisotopic (exact) mass is 276 g/mol. The fourth-order valence-corrected chi connectivity index (χ4v) is 6.89. The standard InChI is InChI=1S/C16H28Si2/c1-6-13-17(2,3)14-10-15-18(4,5)16-11-8-7-9-12-16/h7-12,14H,6,13,15H2,1-5H3/b14-10+. The van der Waals surface area contributed by atoms with Crippen molar-refractivity contribution in [1.82, 2.24) is 0 Å². The fourth-order valence-electron chi connectivity index (χ4n) is 2.41. The van der Waals surface area contributed by atoms with Gasteiger partial charge in [0, 0.05) is 0 Å². The molecule has 0 aliphatic heterocycles. The van der Waals surface area contributed by atoms with E-state index in [9.17, 15) is 0 Å². The van der Waals surface area contributed by atoms with Crippen LogP contribution in [0.25, 0.3) is 0 Å². The minimum Gasteiger partial charge on any atom is -0.0989 e. The molecule has 2 heteroatoms. The number of benzene rings is 1. The highest BCUT2D eigenvalue weighted by Crippen LogP contribution is 2.16. The van der Waals surface area contributed by atoms with Gasteiger partial charge in [0.25, 0.3) is 0 Å². The van der Waals surface area contributed by atoms with E-state index in [1.807, 2.05) is 0 Å². The molecule has 0 saturated heterocycles. The first-order valence-corrected chi connectivity index (χ1v) is 13.6. The van der Waals surface area contributed by atoms with Gasteiger partial charge in [-0.25, -0.2) is 0 Å². The predicted octanol–water partition coefficient (Wildman–Crippen LogP) is 4.82. The Hall–Kier alpha value is -0.606. The average Bonchev–Trinajstić information content (AvgIpc) is 2.29. The van der Waals surface area contributed by atoms with Crippen LogP contribution in [0.4, 0.5) is 0 Å². The summed E-state index contributed by atoms with van der Waals surface area (Å²) in [4.78, 5) is 0. The summed E-state index contributed by atoms with van der Waals surface area (Å²) in [6, 6.07) is 13.7. The van der Waals surface area contributed by atoms with Crippen LogP contribution in [0.5, 0.6) is 0 Å². The van der Waals surface area contributed by atoms with Gasteiger partial charge in [0.1, 0.15) is 0 Å². The zero-order chi connectivity index (χ0) is 13.6. The minimum atomic E-state index is -1.27. The molecule has 0 saturated carbocycles. The van der Waals surface area contributed by atoms with E-state index in [1.54, 1.807) is 5.19 Å². The zero-order valence-electron chi connectivity index (χ0n) is 12.7. The van der Waals surface area contributed by atoms with Crippen molar-refractivity contribution in [1.29, 1.82) is 0 Å². The van der Waals surface area contributed by atoms with Gasteiger partial charge in [0.15, 0.2) is 0 Å². The molecule has 0 aromatic heterocycles. The molecule has 18 heavy (non-hydrogen) atoms. The van der Waals surface area contributed by atoms with E-state index in [0.717, 1.165) is 0 Å². The third-order valence-corrected chi connectivity index (χ3v) is 9.73. The summed E-state index contributed by atoms with van der Waals surface area (Å²) >= 11 is 0. The molecule has 0 spiro atoms. The van der Waals surface area contributed by atoms with E-state index in [4.69, 9.17) is 0 Å². The van der Waals surface area contributed by atoms with Gasteiger partial charge in [-0.2, -0.15) is 0 Å². The Bertz CT molecular complexity index is 377. The summed E-state index contributed by atoms with van der Waals surface area (Å²) in [5.74, 6) is 0. The van der Waals surface area contributed by atoms with Crippen molar-refractivity contribution >= 4 is 21.3 Å². The van der Waals surface area contributed by atoms with E-state index in [2.05, 4.69) is 75.2 Å². The Morgan fingerprint density at radius 1 is 1.00 bits per heavy atom. The molecule has 0 aliphatic carbocycles. The Morgan fingerprint density at radius 2 is 1.61 bits per heavy atom. The lowest BCUT2D eigenvalue weighted by atomic mass is 10.4. The van der Waals surface area contributed by atoms with E-state index in [0.29, 0.717) is 0 Å². The number of hydrogen-bond acceptors (Lipinski definition) is 0. The average molecular weight is 277 g/mol. The smallest absolute Gasteiger partial charge is 0.0843 e. The Morgan fingerprint density at radius 3 is 2.17 bits per heavy atom. The minimum absolute atomic E-state index is 1.06. The summed E-state index contributed by atoms with van der Waals surface area (Å²) in [6.45, 7) is 12.2. The van der Waals surface area contributed by atoms with Crippen LogP contribution in [0.15, 0.2) is 42.1 Å². The van der Waals surface area contributed by atoms with Crippen molar-refractivity contribution in [2.75, 3.05) is 0 Å². The van der Waals surface area contributed by atoms with E-state index >= 15 is 0 Å². The predicted molar refractivity (Wildman–Crippen MR) is 90.1 cm³/mol. The summed E-state index contributed by atoms with van der Waals surface area (Å²) in [5, 5.41) is 1.57. The topological polar surface area (TPSA) is 0 Å². The summed E-state index contributed by atoms with van der Waals surface area (Å²) in [6.07, 6.45) is 3.81. The molecule has 0 N–H and O–H groups in total. The third-order valence-electron chi connectivity index (χ3n) is 3.65. The molecule has 1 aromatic rings. The molecule has 100 valence electrons. The zero-order valence-corrected chi connectivity index (χ0v) is 14.7. The largest absolute Gasteiger partial charge is 0.0989 e. The van der Waals surface area contributed by atoms with Crippen LogP contribution in [-0.4, -0.2) is 16.1 Å². The second kappa shape index (κ2) is 6.53. The molecule has 0 aliphatic rings. The van der Waals surface area contributed by atoms with Gasteiger partial charge in [-0.1, -0.05) is 92.9 Å². The van der Waals surface area contributed by atoms with E-state index in [1.165, 1.54) is 18.5 Å². The Balaban J connectivity index is 2.65. The second-order valence-electron chi connectivity index (χ2n) is 6.59. The Labute approximate surface area is 115 Å². The van der Waals surface area contributed by atoms with Crippen molar-refractivity contribution in [3.8, 4) is 0 Å². The fraction of sp³-hybridized carbons (Fsp3) is 0.500. The van der Waals surface area contributed by atoms with Crippen molar-refractivity contribution in [2.45, 2.75) is 51.6 Å². The second-order valence-corrected chi connectivity index (χ2v) is 16.2. The maximum absolute atomic E-state index is 2.56. The van der Waals surface area contributed by atoms with Crippen LogP contribution in [0.3, 0.4) is 0 Å². The highest BCUT2D eigenvalue weighted by molar-refractivity contribution is 6.90. The van der Waals surface area contributed by atoms with Crippen molar-refractivity contribution in [3.63, 3.8) is 0 Å². The highest BCUT2D eigenvalue weighted by Gasteiger charge is 2.22. The van der Waals surface area contributed by atoms with Crippen LogP contribution >= 0.6 is 0 Å². The maximum atomic E-state index is 2.56. The van der Waals surface area contributed by atoms with Gasteiger partial charge >= 0.3 is 0 Å². The number of hydrogen-bond donors (Lipinski definition) is 0. The molecule has 0 bridgehead atoms. The van der Waals surface area contributed by atoms with Crippen LogP contribution in [0.2, 0.25) is 38.3 Å². The van der Waals surface area contributed by atoms with Crippen LogP contribution in [0.1, 0.15) is 13.3 Å².